The molecule has 0 bridgehead atoms. The maximum Gasteiger partial charge on any atom is 0.184 e. The highest BCUT2D eigenvalue weighted by atomic mass is 19.1. The first-order chi connectivity index (χ1) is 7.58. The summed E-state index contributed by atoms with van der Waals surface area (Å²) in [5, 5.41) is 6.57. The molecule has 0 spiro atoms. The molecule has 0 aliphatic heterocycles. The van der Waals surface area contributed by atoms with Crippen molar-refractivity contribution in [2.24, 2.45) is 0 Å². The Bertz CT molecular complexity index is 506. The predicted molar refractivity (Wildman–Crippen MR) is 55.8 cm³/mol. The number of hydrogen-bond acceptors (Lipinski definition) is 2. The molecule has 3 nitrogen and oxygen atoms in total. The summed E-state index contributed by atoms with van der Waals surface area (Å²) >= 11 is 0. The van der Waals surface area contributed by atoms with Gasteiger partial charge in [-0.1, -0.05) is 13.8 Å². The Morgan fingerprint density at radius 2 is 2.00 bits per heavy atom. The Morgan fingerprint density at radius 1 is 1.25 bits per heavy atom. The molecule has 1 N–H and O–H groups in total. The van der Waals surface area contributed by atoms with E-state index in [2.05, 4.69) is 15.2 Å². The molecular weight excluding hydrogens is 212 g/mol. The van der Waals surface area contributed by atoms with Crippen molar-refractivity contribution in [3.05, 3.63) is 35.7 Å². The number of H-pyrrole nitrogens is 1. The lowest BCUT2D eigenvalue weighted by Crippen LogP contribution is -1.90. The van der Waals surface area contributed by atoms with Gasteiger partial charge in [0.1, 0.15) is 17.5 Å². The minimum atomic E-state index is -0.532. The standard InChI is InChI=1S/C11H11F2N3/c1-6(2)10-14-11(16-15-10)8-5-7(12)3-4-9(8)13/h3-6H,1-2H3,(H,14,15,16). The zero-order valence-corrected chi connectivity index (χ0v) is 8.96. The molecule has 0 amide bonds. The van der Waals surface area contributed by atoms with Gasteiger partial charge in [0.15, 0.2) is 5.82 Å². The number of hydrogen-bond donors (Lipinski definition) is 1. The van der Waals surface area contributed by atoms with Gasteiger partial charge in [0.25, 0.3) is 0 Å². The van der Waals surface area contributed by atoms with Crippen LogP contribution in [0.25, 0.3) is 11.4 Å². The van der Waals surface area contributed by atoms with Gasteiger partial charge in [-0.2, -0.15) is 5.10 Å². The molecule has 1 aromatic carbocycles. The fraction of sp³-hybridized carbons (Fsp3) is 0.273. The van der Waals surface area contributed by atoms with E-state index in [9.17, 15) is 8.78 Å². The molecule has 0 aliphatic carbocycles. The molecule has 2 rings (SSSR count). The number of rotatable bonds is 2. The van der Waals surface area contributed by atoms with E-state index in [0.29, 0.717) is 5.82 Å². The van der Waals surface area contributed by atoms with E-state index in [1.165, 1.54) is 0 Å². The average Bonchev–Trinajstić information content (AvgIpc) is 2.70. The zero-order chi connectivity index (χ0) is 11.7. The van der Waals surface area contributed by atoms with Gasteiger partial charge >= 0.3 is 0 Å². The van der Waals surface area contributed by atoms with E-state index >= 15 is 0 Å². The van der Waals surface area contributed by atoms with E-state index in [1.54, 1.807) is 0 Å². The Kier molecular flexibility index (Phi) is 2.68. The van der Waals surface area contributed by atoms with E-state index in [4.69, 9.17) is 0 Å². The summed E-state index contributed by atoms with van der Waals surface area (Å²) in [6.07, 6.45) is 0. The van der Waals surface area contributed by atoms with Gasteiger partial charge in [-0.05, 0) is 18.2 Å². The van der Waals surface area contributed by atoms with Crippen molar-refractivity contribution in [1.82, 2.24) is 15.2 Å². The maximum atomic E-state index is 13.4. The molecule has 84 valence electrons. The summed E-state index contributed by atoms with van der Waals surface area (Å²) in [7, 11) is 0. The number of aromatic nitrogens is 3. The van der Waals surface area contributed by atoms with Crippen LogP contribution in [0.2, 0.25) is 0 Å². The first-order valence-corrected chi connectivity index (χ1v) is 4.95. The van der Waals surface area contributed by atoms with Crippen LogP contribution in [-0.2, 0) is 0 Å². The van der Waals surface area contributed by atoms with Gasteiger partial charge in [-0.15, -0.1) is 0 Å². The summed E-state index contributed by atoms with van der Waals surface area (Å²) in [6.45, 7) is 3.87. The van der Waals surface area contributed by atoms with Crippen LogP contribution < -0.4 is 0 Å². The molecule has 0 unspecified atom stereocenters. The van der Waals surface area contributed by atoms with Crippen LogP contribution in [0.4, 0.5) is 8.78 Å². The Hall–Kier alpha value is -1.78. The molecule has 1 aromatic heterocycles. The lowest BCUT2D eigenvalue weighted by molar-refractivity contribution is 0.602. The second kappa shape index (κ2) is 4.00. The summed E-state index contributed by atoms with van der Waals surface area (Å²) in [5.41, 5.74) is 0.0724. The van der Waals surface area contributed by atoms with Crippen molar-refractivity contribution < 1.29 is 8.78 Å². The van der Waals surface area contributed by atoms with Crippen LogP contribution in [0.15, 0.2) is 18.2 Å². The molecule has 0 atom stereocenters. The highest BCUT2D eigenvalue weighted by Crippen LogP contribution is 2.21. The van der Waals surface area contributed by atoms with Crippen LogP contribution in [0.1, 0.15) is 25.6 Å². The van der Waals surface area contributed by atoms with Gasteiger partial charge in [0.05, 0.1) is 5.56 Å². The molecule has 2 aromatic rings. The highest BCUT2D eigenvalue weighted by molar-refractivity contribution is 5.55. The molecule has 0 radical (unpaired) electrons. The summed E-state index contributed by atoms with van der Waals surface area (Å²) in [4.78, 5) is 4.11. The van der Waals surface area contributed by atoms with Gasteiger partial charge in [0.2, 0.25) is 0 Å². The zero-order valence-electron chi connectivity index (χ0n) is 8.96. The number of benzene rings is 1. The van der Waals surface area contributed by atoms with Crippen molar-refractivity contribution in [1.29, 1.82) is 0 Å². The first kappa shape index (κ1) is 10.7. The van der Waals surface area contributed by atoms with Gasteiger partial charge in [-0.25, -0.2) is 13.8 Å². The Balaban J connectivity index is 2.46. The SMILES string of the molecule is CC(C)c1nc(-c2cc(F)ccc2F)n[nH]1. The fourth-order valence-corrected chi connectivity index (χ4v) is 1.32. The molecular formula is C11H11F2N3. The van der Waals surface area contributed by atoms with Gasteiger partial charge in [0, 0.05) is 5.92 Å². The first-order valence-electron chi connectivity index (χ1n) is 4.95. The number of nitrogens with zero attached hydrogens (tertiary/aromatic N) is 2. The third kappa shape index (κ3) is 1.93. The molecule has 5 heteroatoms. The molecule has 0 saturated heterocycles. The van der Waals surface area contributed by atoms with Crippen molar-refractivity contribution in [3.8, 4) is 11.4 Å². The minimum Gasteiger partial charge on any atom is -0.262 e. The molecule has 16 heavy (non-hydrogen) atoms. The van der Waals surface area contributed by atoms with Gasteiger partial charge < -0.3 is 0 Å². The fourth-order valence-electron chi connectivity index (χ4n) is 1.32. The lowest BCUT2D eigenvalue weighted by atomic mass is 10.2. The molecule has 0 aliphatic rings. The number of aromatic amines is 1. The lowest BCUT2D eigenvalue weighted by Gasteiger charge is -1.98. The maximum absolute atomic E-state index is 13.4. The summed E-state index contributed by atoms with van der Waals surface area (Å²) in [5.74, 6) is -0.0414. The topological polar surface area (TPSA) is 41.6 Å². The van der Waals surface area contributed by atoms with Crippen LogP contribution in [-0.4, -0.2) is 15.2 Å². The quantitative estimate of drug-likeness (QED) is 0.850. The Labute approximate surface area is 91.5 Å². The van der Waals surface area contributed by atoms with Crippen molar-refractivity contribution in [3.63, 3.8) is 0 Å². The summed E-state index contributed by atoms with van der Waals surface area (Å²) < 4.78 is 26.4. The van der Waals surface area contributed by atoms with E-state index in [1.807, 2.05) is 13.8 Å². The predicted octanol–water partition coefficient (Wildman–Crippen LogP) is 2.87. The van der Waals surface area contributed by atoms with E-state index in [-0.39, 0.29) is 17.3 Å². The third-order valence-electron chi connectivity index (χ3n) is 2.22. The number of nitrogens with one attached hydrogen (secondary N) is 1. The van der Waals surface area contributed by atoms with Crippen LogP contribution in [0.5, 0.6) is 0 Å². The second-order valence-corrected chi connectivity index (χ2v) is 3.82. The highest BCUT2D eigenvalue weighted by Gasteiger charge is 2.13. The largest absolute Gasteiger partial charge is 0.262 e. The molecule has 0 saturated carbocycles. The van der Waals surface area contributed by atoms with Crippen LogP contribution in [0.3, 0.4) is 0 Å². The van der Waals surface area contributed by atoms with E-state index in [0.717, 1.165) is 18.2 Å². The smallest absolute Gasteiger partial charge is 0.184 e. The van der Waals surface area contributed by atoms with Gasteiger partial charge in [-0.3, -0.25) is 5.10 Å². The molecule has 0 fully saturated rings. The minimum absolute atomic E-state index is 0.0724. The molecule has 1 heterocycles. The van der Waals surface area contributed by atoms with Crippen LogP contribution >= 0.6 is 0 Å². The average molecular weight is 223 g/mol. The van der Waals surface area contributed by atoms with Crippen molar-refractivity contribution >= 4 is 0 Å². The van der Waals surface area contributed by atoms with Crippen LogP contribution in [0, 0.1) is 11.6 Å². The summed E-state index contributed by atoms with van der Waals surface area (Å²) in [6, 6.07) is 3.22. The second-order valence-electron chi connectivity index (χ2n) is 3.82. The van der Waals surface area contributed by atoms with Crippen molar-refractivity contribution in [2.45, 2.75) is 19.8 Å². The monoisotopic (exact) mass is 223 g/mol. The Morgan fingerprint density at radius 3 is 2.62 bits per heavy atom. The number of halogens is 2. The van der Waals surface area contributed by atoms with E-state index < -0.39 is 11.6 Å². The third-order valence-corrected chi connectivity index (χ3v) is 2.22. The normalized spacial score (nSPS) is 11.1. The van der Waals surface area contributed by atoms with Crippen molar-refractivity contribution in [2.75, 3.05) is 0 Å².